The average Bonchev–Trinajstić information content (AvgIpc) is 1.78. The van der Waals surface area contributed by atoms with E-state index < -0.39 is 11.8 Å². The van der Waals surface area contributed by atoms with E-state index in [2.05, 4.69) is 0 Å². The first-order chi connectivity index (χ1) is 4.52. The third-order valence-electron chi connectivity index (χ3n) is 2.03. The molecule has 1 saturated heterocycles. The van der Waals surface area contributed by atoms with Crippen molar-refractivity contribution in [3.63, 3.8) is 0 Å². The molecule has 1 N–H and O–H groups in total. The first-order valence-electron chi connectivity index (χ1n) is 3.57. The van der Waals surface area contributed by atoms with Gasteiger partial charge in [-0.3, -0.25) is 0 Å². The van der Waals surface area contributed by atoms with E-state index in [9.17, 15) is 9.50 Å². The van der Waals surface area contributed by atoms with E-state index in [1.165, 1.54) is 0 Å². The van der Waals surface area contributed by atoms with Crippen molar-refractivity contribution in [2.24, 2.45) is 0 Å². The summed E-state index contributed by atoms with van der Waals surface area (Å²) in [6.07, 6.45) is -0.604. The number of piperidine rings is 1. The second-order valence-electron chi connectivity index (χ2n) is 3.35. The highest BCUT2D eigenvalue weighted by Crippen LogP contribution is 2.22. The summed E-state index contributed by atoms with van der Waals surface area (Å²) in [5, 5.41) is 9.40. The number of halogens is 1. The lowest BCUT2D eigenvalue weighted by molar-refractivity contribution is -0.0691. The Morgan fingerprint density at radius 1 is 1.70 bits per heavy atom. The summed E-state index contributed by atoms with van der Waals surface area (Å²) in [6.45, 7) is 2.73. The van der Waals surface area contributed by atoms with Crippen LogP contribution in [0.15, 0.2) is 0 Å². The highest BCUT2D eigenvalue weighted by Gasteiger charge is 2.36. The van der Waals surface area contributed by atoms with E-state index in [1.807, 2.05) is 11.9 Å². The molecule has 2 unspecified atom stereocenters. The molecule has 60 valence electrons. The molecule has 0 radical (unpaired) electrons. The molecule has 3 heteroatoms. The largest absolute Gasteiger partial charge is 0.386 e. The molecule has 0 aromatic carbocycles. The van der Waals surface area contributed by atoms with Crippen molar-refractivity contribution >= 4 is 0 Å². The zero-order chi connectivity index (χ0) is 7.78. The maximum Gasteiger partial charge on any atom is 0.131 e. The van der Waals surface area contributed by atoms with Gasteiger partial charge in [0, 0.05) is 13.1 Å². The molecule has 0 amide bonds. The number of hydrogen-bond acceptors (Lipinski definition) is 2. The number of alkyl halides is 1. The van der Waals surface area contributed by atoms with Gasteiger partial charge in [-0.1, -0.05) is 0 Å². The summed E-state index contributed by atoms with van der Waals surface area (Å²) in [4.78, 5) is 1.94. The average molecular weight is 147 g/mol. The number of likely N-dealkylation sites (tertiary alicyclic amines) is 1. The Balaban J connectivity index is 2.55. The van der Waals surface area contributed by atoms with E-state index >= 15 is 0 Å². The second-order valence-corrected chi connectivity index (χ2v) is 3.35. The Kier molecular flexibility index (Phi) is 1.97. The van der Waals surface area contributed by atoms with Crippen molar-refractivity contribution in [1.82, 2.24) is 4.90 Å². The van der Waals surface area contributed by atoms with E-state index in [1.54, 1.807) is 6.92 Å². The number of likely N-dealkylation sites (N-methyl/N-ethyl adjacent to an activating group) is 1. The minimum atomic E-state index is -1.13. The Bertz CT molecular complexity index is 127. The highest BCUT2D eigenvalue weighted by atomic mass is 19.1. The molecular formula is C7H14FNO. The van der Waals surface area contributed by atoms with Crippen molar-refractivity contribution in [2.75, 3.05) is 20.1 Å². The van der Waals surface area contributed by atoms with Crippen LogP contribution in [-0.4, -0.2) is 41.9 Å². The molecule has 10 heavy (non-hydrogen) atoms. The third-order valence-corrected chi connectivity index (χ3v) is 2.03. The van der Waals surface area contributed by atoms with Crippen LogP contribution in [0.1, 0.15) is 13.3 Å². The van der Waals surface area contributed by atoms with Gasteiger partial charge in [0.25, 0.3) is 0 Å². The maximum absolute atomic E-state index is 12.9. The van der Waals surface area contributed by atoms with Crippen LogP contribution >= 0.6 is 0 Å². The van der Waals surface area contributed by atoms with Gasteiger partial charge in [0.05, 0.1) is 0 Å². The van der Waals surface area contributed by atoms with Gasteiger partial charge in [0.2, 0.25) is 0 Å². The lowest BCUT2D eigenvalue weighted by Crippen LogP contribution is -2.51. The molecule has 1 aliphatic heterocycles. The molecule has 1 heterocycles. The lowest BCUT2D eigenvalue weighted by atomic mass is 9.93. The summed E-state index contributed by atoms with van der Waals surface area (Å²) >= 11 is 0. The van der Waals surface area contributed by atoms with Gasteiger partial charge >= 0.3 is 0 Å². The number of rotatable bonds is 0. The Morgan fingerprint density at radius 3 is 2.70 bits per heavy atom. The molecule has 1 rings (SSSR count). The molecule has 1 aliphatic rings. The molecule has 0 aromatic heterocycles. The Morgan fingerprint density at radius 2 is 2.30 bits per heavy atom. The van der Waals surface area contributed by atoms with Gasteiger partial charge in [-0.05, 0) is 20.4 Å². The monoisotopic (exact) mass is 147 g/mol. The third kappa shape index (κ3) is 1.47. The van der Waals surface area contributed by atoms with Gasteiger partial charge in [-0.25, -0.2) is 4.39 Å². The number of aliphatic hydroxyl groups is 1. The minimum absolute atomic E-state index is 0.439. The zero-order valence-corrected chi connectivity index (χ0v) is 6.47. The summed E-state index contributed by atoms with van der Waals surface area (Å²) in [5.74, 6) is 0. The van der Waals surface area contributed by atoms with Crippen molar-refractivity contribution in [1.29, 1.82) is 0 Å². The summed E-state index contributed by atoms with van der Waals surface area (Å²) in [5.41, 5.74) is -1.13. The molecule has 1 fully saturated rings. The van der Waals surface area contributed by atoms with Crippen LogP contribution in [0, 0.1) is 0 Å². The highest BCUT2D eigenvalue weighted by molar-refractivity contribution is 4.89. The van der Waals surface area contributed by atoms with E-state index in [-0.39, 0.29) is 0 Å². The van der Waals surface area contributed by atoms with Crippen molar-refractivity contribution in [3.05, 3.63) is 0 Å². The smallest absolute Gasteiger partial charge is 0.131 e. The topological polar surface area (TPSA) is 23.5 Å². The standard InChI is InChI=1S/C7H14FNO/c1-7(10)5-9(2)4-3-6(7)8/h6,10H,3-5H2,1-2H3. The SMILES string of the molecule is CN1CCC(F)C(C)(O)C1. The summed E-state index contributed by atoms with van der Waals surface area (Å²) < 4.78 is 12.9. The van der Waals surface area contributed by atoms with Crippen LogP contribution in [0.2, 0.25) is 0 Å². The van der Waals surface area contributed by atoms with Gasteiger partial charge in [0.1, 0.15) is 11.8 Å². The normalized spacial score (nSPS) is 43.8. The van der Waals surface area contributed by atoms with Gasteiger partial charge in [0.15, 0.2) is 0 Å². The predicted molar refractivity (Wildman–Crippen MR) is 37.6 cm³/mol. The molecule has 0 aromatic rings. The molecule has 2 nitrogen and oxygen atoms in total. The molecule has 2 atom stereocenters. The van der Waals surface area contributed by atoms with Crippen molar-refractivity contribution in [3.8, 4) is 0 Å². The van der Waals surface area contributed by atoms with Crippen LogP contribution in [0.25, 0.3) is 0 Å². The Hall–Kier alpha value is -0.150. The van der Waals surface area contributed by atoms with Crippen molar-refractivity contribution in [2.45, 2.75) is 25.1 Å². The summed E-state index contributed by atoms with van der Waals surface area (Å²) in [6, 6.07) is 0. The van der Waals surface area contributed by atoms with Crippen LogP contribution in [-0.2, 0) is 0 Å². The van der Waals surface area contributed by atoms with Crippen molar-refractivity contribution < 1.29 is 9.50 Å². The second kappa shape index (κ2) is 2.47. The van der Waals surface area contributed by atoms with Crippen LogP contribution < -0.4 is 0 Å². The van der Waals surface area contributed by atoms with Crippen LogP contribution in [0.4, 0.5) is 4.39 Å². The van der Waals surface area contributed by atoms with E-state index in [4.69, 9.17) is 0 Å². The Labute approximate surface area is 60.6 Å². The summed E-state index contributed by atoms with van der Waals surface area (Å²) in [7, 11) is 1.89. The van der Waals surface area contributed by atoms with E-state index in [0.717, 1.165) is 6.54 Å². The number of β-amino-alcohol motifs (C(OH)–C–C–N with tert-alkyl or cyclic N) is 1. The molecule has 0 aliphatic carbocycles. The number of nitrogens with zero attached hydrogens (tertiary/aromatic N) is 1. The first kappa shape index (κ1) is 7.95. The fourth-order valence-electron chi connectivity index (χ4n) is 1.37. The minimum Gasteiger partial charge on any atom is -0.386 e. The van der Waals surface area contributed by atoms with Crippen LogP contribution in [0.5, 0.6) is 0 Å². The zero-order valence-electron chi connectivity index (χ0n) is 6.47. The molecule has 0 saturated carbocycles. The molecular weight excluding hydrogens is 133 g/mol. The fraction of sp³-hybridized carbons (Fsp3) is 1.00. The van der Waals surface area contributed by atoms with Gasteiger partial charge < -0.3 is 10.0 Å². The lowest BCUT2D eigenvalue weighted by Gasteiger charge is -2.37. The number of hydrogen-bond donors (Lipinski definition) is 1. The fourth-order valence-corrected chi connectivity index (χ4v) is 1.37. The van der Waals surface area contributed by atoms with Gasteiger partial charge in [-0.2, -0.15) is 0 Å². The van der Waals surface area contributed by atoms with Gasteiger partial charge in [-0.15, -0.1) is 0 Å². The first-order valence-corrected chi connectivity index (χ1v) is 3.57. The predicted octanol–water partition coefficient (Wildman–Crippen LogP) is 0.411. The molecule has 0 spiro atoms. The molecule has 0 bridgehead atoms. The quantitative estimate of drug-likeness (QED) is 0.536. The van der Waals surface area contributed by atoms with E-state index in [0.29, 0.717) is 13.0 Å². The maximum atomic E-state index is 12.9. The van der Waals surface area contributed by atoms with Crippen LogP contribution in [0.3, 0.4) is 0 Å².